The number of likely N-dealkylation sites (N-methyl/N-ethyl adjacent to an activating group) is 1. The second kappa shape index (κ2) is 10.5. The van der Waals surface area contributed by atoms with Gasteiger partial charge < -0.3 is 16.0 Å². The Kier molecular flexibility index (Phi) is 8.77. The number of nitrogens with zero attached hydrogens (tertiary/aromatic N) is 3. The summed E-state index contributed by atoms with van der Waals surface area (Å²) in [7, 11) is 1.94. The van der Waals surface area contributed by atoms with Crippen LogP contribution in [0.15, 0.2) is 57.5 Å². The fraction of sp³-hybridized carbons (Fsp3) is 0.455. The van der Waals surface area contributed by atoms with Crippen LogP contribution in [-0.4, -0.2) is 42.6 Å². The fourth-order valence-corrected chi connectivity index (χ4v) is 2.63. The van der Waals surface area contributed by atoms with Gasteiger partial charge in [-0.3, -0.25) is 4.99 Å². The van der Waals surface area contributed by atoms with Crippen LogP contribution in [-0.2, 0) is 0 Å². The smallest absolute Gasteiger partial charge is 0.108 e. The molecule has 1 heterocycles. The van der Waals surface area contributed by atoms with Crippen LogP contribution in [0, 0.1) is 12.3 Å². The van der Waals surface area contributed by atoms with Gasteiger partial charge in [0.2, 0.25) is 0 Å². The Labute approximate surface area is 164 Å². The Morgan fingerprint density at radius 2 is 2.15 bits per heavy atom. The highest BCUT2D eigenvalue weighted by atomic mass is 15.2. The van der Waals surface area contributed by atoms with Crippen LogP contribution in [0.1, 0.15) is 40.5 Å². The highest BCUT2D eigenvalue weighted by Gasteiger charge is 2.12. The normalized spacial score (nSPS) is 16.0. The van der Waals surface area contributed by atoms with E-state index in [4.69, 9.17) is 12.2 Å². The van der Waals surface area contributed by atoms with Gasteiger partial charge in [-0.15, -0.1) is 6.42 Å². The fourth-order valence-electron chi connectivity index (χ4n) is 2.63. The Balaban J connectivity index is 2.58. The van der Waals surface area contributed by atoms with Crippen molar-refractivity contribution >= 4 is 11.5 Å². The number of nitrogens with one attached hydrogen (secondary N) is 1. The van der Waals surface area contributed by atoms with E-state index in [1.165, 1.54) is 16.9 Å². The average Bonchev–Trinajstić information content (AvgIpc) is 2.98. The molecule has 1 atom stereocenters. The molecule has 0 radical (unpaired) electrons. The van der Waals surface area contributed by atoms with Gasteiger partial charge in [-0.1, -0.05) is 31.6 Å². The standard InChI is InChI=1S/C22H33N5/c1-9-20-12-16(4)25-22(20)11-15(3)13-24-17(5)14-27(8)19(7)26-18(6)21(23)10-2/h2,11,21,24H,5-6,9,12-14,23H2,1,3-4,7-8H3/b15-11+,26-19?. The maximum absolute atomic E-state index is 5.73. The summed E-state index contributed by atoms with van der Waals surface area (Å²) in [5.41, 5.74) is 12.0. The highest BCUT2D eigenvalue weighted by molar-refractivity contribution is 5.88. The first-order chi connectivity index (χ1) is 12.7. The number of hydrogen-bond acceptors (Lipinski definition) is 4. The quantitative estimate of drug-likeness (QED) is 0.373. The van der Waals surface area contributed by atoms with Crippen molar-refractivity contribution in [3.05, 3.63) is 47.5 Å². The van der Waals surface area contributed by atoms with Crippen LogP contribution in [0.2, 0.25) is 0 Å². The lowest BCUT2D eigenvalue weighted by molar-refractivity contribution is 0.527. The van der Waals surface area contributed by atoms with E-state index in [-0.39, 0.29) is 0 Å². The van der Waals surface area contributed by atoms with E-state index in [0.717, 1.165) is 36.6 Å². The van der Waals surface area contributed by atoms with Crippen molar-refractivity contribution in [2.75, 3.05) is 20.1 Å². The molecule has 0 aromatic heterocycles. The summed E-state index contributed by atoms with van der Waals surface area (Å²) in [6, 6.07) is -0.563. The topological polar surface area (TPSA) is 66.0 Å². The molecule has 146 valence electrons. The monoisotopic (exact) mass is 367 g/mol. The molecular weight excluding hydrogens is 334 g/mol. The summed E-state index contributed by atoms with van der Waals surface area (Å²) in [6.45, 7) is 17.5. The Hall–Kier alpha value is -2.58. The summed E-state index contributed by atoms with van der Waals surface area (Å²) in [5, 5.41) is 3.36. The lowest BCUT2D eigenvalue weighted by Crippen LogP contribution is -2.32. The third kappa shape index (κ3) is 7.28. The van der Waals surface area contributed by atoms with E-state index in [1.54, 1.807) is 0 Å². The summed E-state index contributed by atoms with van der Waals surface area (Å²) >= 11 is 0. The zero-order chi connectivity index (χ0) is 20.6. The van der Waals surface area contributed by atoms with Crippen LogP contribution >= 0.6 is 0 Å². The second-order valence-corrected chi connectivity index (χ2v) is 6.96. The van der Waals surface area contributed by atoms with Crippen LogP contribution < -0.4 is 11.1 Å². The first kappa shape index (κ1) is 22.5. The number of rotatable bonds is 9. The summed E-state index contributed by atoms with van der Waals surface area (Å²) in [6.07, 6.45) is 9.49. The van der Waals surface area contributed by atoms with Gasteiger partial charge in [-0.05, 0) is 38.8 Å². The largest absolute Gasteiger partial charge is 0.384 e. The summed E-state index contributed by atoms with van der Waals surface area (Å²) in [5.74, 6) is 3.21. The van der Waals surface area contributed by atoms with E-state index in [1.807, 2.05) is 18.9 Å². The van der Waals surface area contributed by atoms with E-state index in [9.17, 15) is 0 Å². The number of hydrogen-bond donors (Lipinski definition) is 2. The maximum Gasteiger partial charge on any atom is 0.108 e. The van der Waals surface area contributed by atoms with Crippen molar-refractivity contribution in [1.82, 2.24) is 10.2 Å². The minimum atomic E-state index is -0.563. The van der Waals surface area contributed by atoms with Crippen molar-refractivity contribution < 1.29 is 0 Å². The van der Waals surface area contributed by atoms with Crippen molar-refractivity contribution in [3.8, 4) is 12.3 Å². The molecule has 0 amide bonds. The SMILES string of the molecule is C#CC(N)C(=C)N=C(C)N(C)CC(=C)NC/C(C)=C/C1=C(CC)CC(C)=N1. The predicted octanol–water partition coefficient (Wildman–Crippen LogP) is 3.39. The average molecular weight is 368 g/mol. The minimum Gasteiger partial charge on any atom is -0.384 e. The lowest BCUT2D eigenvalue weighted by atomic mass is 10.1. The number of aliphatic imine (C=N–C) groups is 2. The van der Waals surface area contributed by atoms with Gasteiger partial charge >= 0.3 is 0 Å². The van der Waals surface area contributed by atoms with Crippen molar-refractivity contribution in [3.63, 3.8) is 0 Å². The Bertz CT molecular complexity index is 743. The van der Waals surface area contributed by atoms with E-state index in [2.05, 4.69) is 61.2 Å². The van der Waals surface area contributed by atoms with Gasteiger partial charge in [0.25, 0.3) is 0 Å². The molecule has 5 heteroatoms. The third-order valence-electron chi connectivity index (χ3n) is 4.39. The lowest BCUT2D eigenvalue weighted by Gasteiger charge is -2.21. The summed E-state index contributed by atoms with van der Waals surface area (Å²) in [4.78, 5) is 11.0. The Morgan fingerprint density at radius 1 is 1.48 bits per heavy atom. The molecule has 0 spiro atoms. The van der Waals surface area contributed by atoms with Crippen LogP contribution in [0.4, 0.5) is 0 Å². The zero-order valence-corrected chi connectivity index (χ0v) is 17.4. The van der Waals surface area contributed by atoms with Crippen molar-refractivity contribution in [2.45, 2.75) is 46.6 Å². The van der Waals surface area contributed by atoms with E-state index in [0.29, 0.717) is 12.2 Å². The van der Waals surface area contributed by atoms with Gasteiger partial charge in [-0.25, -0.2) is 4.99 Å². The van der Waals surface area contributed by atoms with E-state index < -0.39 is 6.04 Å². The molecule has 0 saturated heterocycles. The van der Waals surface area contributed by atoms with Gasteiger partial charge in [0, 0.05) is 31.4 Å². The molecule has 0 aromatic carbocycles. The molecule has 1 unspecified atom stereocenters. The van der Waals surface area contributed by atoms with Gasteiger partial charge in [0.15, 0.2) is 0 Å². The number of amidine groups is 1. The number of terminal acetylenes is 1. The molecule has 27 heavy (non-hydrogen) atoms. The van der Waals surface area contributed by atoms with E-state index >= 15 is 0 Å². The van der Waals surface area contributed by atoms with Crippen LogP contribution in [0.5, 0.6) is 0 Å². The molecular formula is C22H33N5. The molecule has 0 saturated carbocycles. The first-order valence-corrected chi connectivity index (χ1v) is 9.19. The molecule has 1 aliphatic heterocycles. The van der Waals surface area contributed by atoms with Crippen LogP contribution in [0.3, 0.4) is 0 Å². The molecule has 0 aromatic rings. The number of nitrogens with two attached hydrogens (primary N) is 1. The molecule has 1 aliphatic rings. The first-order valence-electron chi connectivity index (χ1n) is 9.19. The molecule has 1 rings (SSSR count). The Morgan fingerprint density at radius 3 is 2.74 bits per heavy atom. The van der Waals surface area contributed by atoms with Gasteiger partial charge in [-0.2, -0.15) is 0 Å². The third-order valence-corrected chi connectivity index (χ3v) is 4.39. The minimum absolute atomic E-state index is 0.478. The number of allylic oxidation sites excluding steroid dienone is 2. The van der Waals surface area contributed by atoms with Crippen molar-refractivity contribution in [1.29, 1.82) is 0 Å². The van der Waals surface area contributed by atoms with Gasteiger partial charge in [0.05, 0.1) is 17.9 Å². The molecule has 5 nitrogen and oxygen atoms in total. The molecule has 0 aliphatic carbocycles. The highest BCUT2D eigenvalue weighted by Crippen LogP contribution is 2.24. The maximum atomic E-state index is 5.73. The van der Waals surface area contributed by atoms with Crippen molar-refractivity contribution in [2.24, 2.45) is 15.7 Å². The van der Waals surface area contributed by atoms with Crippen LogP contribution in [0.25, 0.3) is 0 Å². The molecule has 0 bridgehead atoms. The second-order valence-electron chi connectivity index (χ2n) is 6.96. The molecule has 3 N–H and O–H groups in total. The molecule has 0 fully saturated rings. The predicted molar refractivity (Wildman–Crippen MR) is 118 cm³/mol. The zero-order valence-electron chi connectivity index (χ0n) is 17.4. The van der Waals surface area contributed by atoms with Gasteiger partial charge in [0.1, 0.15) is 11.9 Å². The summed E-state index contributed by atoms with van der Waals surface area (Å²) < 4.78 is 0.